The molecular formula is C16H20N6O. The summed E-state index contributed by atoms with van der Waals surface area (Å²) in [5.74, 6) is 2.51. The number of fused-ring (bicyclic) bond motifs is 3. The summed E-state index contributed by atoms with van der Waals surface area (Å²) in [6, 6.07) is 6.23. The number of nitrogens with zero attached hydrogens (tertiary/aromatic N) is 4. The van der Waals surface area contributed by atoms with Gasteiger partial charge in [-0.25, -0.2) is 9.97 Å². The van der Waals surface area contributed by atoms with E-state index < -0.39 is 0 Å². The normalized spacial score (nSPS) is 16.1. The van der Waals surface area contributed by atoms with Crippen LogP contribution in [0.1, 0.15) is 25.6 Å². The molecule has 1 aliphatic carbocycles. The van der Waals surface area contributed by atoms with Crippen LogP contribution >= 0.6 is 0 Å². The molecule has 0 spiro atoms. The van der Waals surface area contributed by atoms with Gasteiger partial charge in [-0.15, -0.1) is 5.10 Å². The number of ether oxygens (including phenoxy) is 1. The Kier molecular flexibility index (Phi) is 3.30. The lowest BCUT2D eigenvalue weighted by Crippen LogP contribution is -2.27. The lowest BCUT2D eigenvalue weighted by molar-refractivity contribution is 0.419. The number of hydrogen-bond donors (Lipinski definition) is 2. The van der Waals surface area contributed by atoms with E-state index in [-0.39, 0.29) is 0 Å². The molecule has 1 unspecified atom stereocenters. The van der Waals surface area contributed by atoms with Crippen LogP contribution in [0.3, 0.4) is 0 Å². The number of nitrogens with two attached hydrogens (primary N) is 1. The van der Waals surface area contributed by atoms with Gasteiger partial charge in [-0.05, 0) is 37.8 Å². The van der Waals surface area contributed by atoms with Gasteiger partial charge in [0.25, 0.3) is 0 Å². The molecule has 1 aliphatic rings. The number of hydrogen-bond acceptors (Lipinski definition) is 6. The zero-order chi connectivity index (χ0) is 16.0. The molecular weight excluding hydrogens is 292 g/mol. The fourth-order valence-corrected chi connectivity index (χ4v) is 2.92. The predicted octanol–water partition coefficient (Wildman–Crippen LogP) is 1.76. The second kappa shape index (κ2) is 5.34. The van der Waals surface area contributed by atoms with Crippen molar-refractivity contribution in [2.45, 2.75) is 32.4 Å². The minimum Gasteiger partial charge on any atom is -0.494 e. The van der Waals surface area contributed by atoms with Crippen molar-refractivity contribution in [1.82, 2.24) is 24.9 Å². The molecule has 120 valence electrons. The van der Waals surface area contributed by atoms with Gasteiger partial charge < -0.3 is 15.8 Å². The number of para-hydroxylation sites is 1. The van der Waals surface area contributed by atoms with Gasteiger partial charge in [0.2, 0.25) is 5.95 Å². The van der Waals surface area contributed by atoms with Crippen molar-refractivity contribution in [2.75, 3.05) is 12.8 Å². The van der Waals surface area contributed by atoms with Crippen LogP contribution in [0.5, 0.6) is 5.75 Å². The maximum atomic E-state index is 6.05. The first-order valence-electron chi connectivity index (χ1n) is 7.88. The van der Waals surface area contributed by atoms with Gasteiger partial charge in [0.1, 0.15) is 11.3 Å². The van der Waals surface area contributed by atoms with E-state index in [0.717, 1.165) is 17.1 Å². The molecule has 2 aromatic heterocycles. The zero-order valence-electron chi connectivity index (χ0n) is 13.3. The highest BCUT2D eigenvalue weighted by Crippen LogP contribution is 2.32. The van der Waals surface area contributed by atoms with Crippen LogP contribution in [-0.2, 0) is 6.54 Å². The summed E-state index contributed by atoms with van der Waals surface area (Å²) in [5.41, 5.74) is 7.46. The molecule has 3 aromatic rings. The summed E-state index contributed by atoms with van der Waals surface area (Å²) in [5, 5.41) is 8.85. The van der Waals surface area contributed by atoms with Gasteiger partial charge in [-0.2, -0.15) is 4.52 Å². The van der Waals surface area contributed by atoms with Gasteiger partial charge >= 0.3 is 0 Å². The minimum absolute atomic E-state index is 0.311. The first-order valence-corrected chi connectivity index (χ1v) is 7.88. The smallest absolute Gasteiger partial charge is 0.223 e. The van der Waals surface area contributed by atoms with Crippen molar-refractivity contribution < 1.29 is 4.74 Å². The van der Waals surface area contributed by atoms with Crippen LogP contribution in [-0.4, -0.2) is 32.7 Å². The Bertz CT molecular complexity index is 870. The monoisotopic (exact) mass is 312 g/mol. The molecule has 7 nitrogen and oxygen atoms in total. The van der Waals surface area contributed by atoms with E-state index in [1.54, 1.807) is 11.6 Å². The van der Waals surface area contributed by atoms with Crippen molar-refractivity contribution in [3.63, 3.8) is 0 Å². The Hall–Kier alpha value is -2.41. The zero-order valence-corrected chi connectivity index (χ0v) is 13.3. The third-order valence-electron chi connectivity index (χ3n) is 4.47. The van der Waals surface area contributed by atoms with Gasteiger partial charge in [-0.3, -0.25) is 0 Å². The summed E-state index contributed by atoms with van der Waals surface area (Å²) in [6.07, 6.45) is 2.63. The molecule has 7 heteroatoms. The summed E-state index contributed by atoms with van der Waals surface area (Å²) in [4.78, 5) is 9.06. The van der Waals surface area contributed by atoms with E-state index >= 15 is 0 Å². The van der Waals surface area contributed by atoms with E-state index in [0.29, 0.717) is 35.4 Å². The molecule has 4 rings (SSSR count). The molecule has 3 N–H and O–H groups in total. The average molecular weight is 312 g/mol. The highest BCUT2D eigenvalue weighted by atomic mass is 16.5. The number of aromatic nitrogens is 4. The maximum absolute atomic E-state index is 6.05. The first kappa shape index (κ1) is 14.2. The summed E-state index contributed by atoms with van der Waals surface area (Å²) in [7, 11) is 1.62. The summed E-state index contributed by atoms with van der Waals surface area (Å²) >= 11 is 0. The van der Waals surface area contributed by atoms with Crippen molar-refractivity contribution in [3.05, 3.63) is 24.0 Å². The summed E-state index contributed by atoms with van der Waals surface area (Å²) < 4.78 is 6.96. The Balaban J connectivity index is 1.74. The number of methoxy groups -OCH3 is 1. The Labute approximate surface area is 133 Å². The molecule has 2 heterocycles. The van der Waals surface area contributed by atoms with E-state index in [4.69, 9.17) is 10.5 Å². The molecule has 0 amide bonds. The van der Waals surface area contributed by atoms with Gasteiger partial charge in [0, 0.05) is 11.4 Å². The van der Waals surface area contributed by atoms with E-state index in [1.807, 2.05) is 18.2 Å². The van der Waals surface area contributed by atoms with E-state index in [2.05, 4.69) is 27.3 Å². The van der Waals surface area contributed by atoms with E-state index in [1.165, 1.54) is 12.8 Å². The van der Waals surface area contributed by atoms with Crippen LogP contribution in [0.2, 0.25) is 0 Å². The van der Waals surface area contributed by atoms with Gasteiger partial charge in [0.15, 0.2) is 11.5 Å². The lowest BCUT2D eigenvalue weighted by Gasteiger charge is -2.09. The predicted molar refractivity (Wildman–Crippen MR) is 88.3 cm³/mol. The van der Waals surface area contributed by atoms with Gasteiger partial charge in [0.05, 0.1) is 13.7 Å². The largest absolute Gasteiger partial charge is 0.494 e. The Morgan fingerprint density at radius 1 is 1.39 bits per heavy atom. The molecule has 23 heavy (non-hydrogen) atoms. The van der Waals surface area contributed by atoms with Gasteiger partial charge in [-0.1, -0.05) is 6.07 Å². The highest BCUT2D eigenvalue weighted by Gasteiger charge is 2.27. The molecule has 1 fully saturated rings. The number of nitrogens with one attached hydrogen (secondary N) is 1. The topological polar surface area (TPSA) is 90.4 Å². The Morgan fingerprint density at radius 3 is 2.96 bits per heavy atom. The SMILES string of the molecule is COc1cccc2c1nc(N)n1nc(CNC(C)C3CC3)nc21. The number of benzene rings is 1. The van der Waals surface area contributed by atoms with E-state index in [9.17, 15) is 0 Å². The van der Waals surface area contributed by atoms with Crippen LogP contribution in [0.25, 0.3) is 16.6 Å². The highest BCUT2D eigenvalue weighted by molar-refractivity contribution is 5.95. The third kappa shape index (κ3) is 2.46. The van der Waals surface area contributed by atoms with Crippen LogP contribution in [0, 0.1) is 5.92 Å². The van der Waals surface area contributed by atoms with Crippen LogP contribution < -0.4 is 15.8 Å². The Morgan fingerprint density at radius 2 is 2.22 bits per heavy atom. The molecule has 1 aromatic carbocycles. The second-order valence-electron chi connectivity index (χ2n) is 6.10. The second-order valence-corrected chi connectivity index (χ2v) is 6.10. The van der Waals surface area contributed by atoms with Crippen LogP contribution in [0.4, 0.5) is 5.95 Å². The molecule has 0 saturated heterocycles. The standard InChI is InChI=1S/C16H20N6O/c1-9(10-6-7-10)18-8-13-19-15-11-4-3-5-12(23-2)14(11)20-16(17)22(15)21-13/h3-5,9-10,18H,6-8H2,1-2H3,(H2,17,20). The summed E-state index contributed by atoms with van der Waals surface area (Å²) in [6.45, 7) is 2.84. The fraction of sp³-hybridized carbons (Fsp3) is 0.438. The van der Waals surface area contributed by atoms with Crippen molar-refractivity contribution >= 4 is 22.5 Å². The number of nitrogen functional groups attached to an aromatic ring is 1. The molecule has 0 bridgehead atoms. The van der Waals surface area contributed by atoms with Crippen LogP contribution in [0.15, 0.2) is 18.2 Å². The average Bonchev–Trinajstić information content (AvgIpc) is 3.31. The quantitative estimate of drug-likeness (QED) is 0.746. The number of anilines is 1. The number of rotatable bonds is 5. The maximum Gasteiger partial charge on any atom is 0.223 e. The van der Waals surface area contributed by atoms with Crippen molar-refractivity contribution in [3.8, 4) is 5.75 Å². The lowest BCUT2D eigenvalue weighted by atomic mass is 10.2. The molecule has 0 radical (unpaired) electrons. The fourth-order valence-electron chi connectivity index (χ4n) is 2.92. The first-order chi connectivity index (χ1) is 11.2. The van der Waals surface area contributed by atoms with Crippen molar-refractivity contribution in [1.29, 1.82) is 0 Å². The molecule has 1 atom stereocenters. The minimum atomic E-state index is 0.311. The van der Waals surface area contributed by atoms with Crippen molar-refractivity contribution in [2.24, 2.45) is 5.92 Å². The molecule has 1 saturated carbocycles. The third-order valence-corrected chi connectivity index (χ3v) is 4.47. The molecule has 0 aliphatic heterocycles.